The quantitative estimate of drug-likeness (QED) is 0.799. The van der Waals surface area contributed by atoms with Gasteiger partial charge in [-0.2, -0.15) is 0 Å². The van der Waals surface area contributed by atoms with Crippen molar-refractivity contribution in [3.63, 3.8) is 0 Å². The highest BCUT2D eigenvalue weighted by molar-refractivity contribution is 9.10. The molecular formula is C13H10BrFO. The molecular weight excluding hydrogens is 271 g/mol. The van der Waals surface area contributed by atoms with Gasteiger partial charge in [0.1, 0.15) is 0 Å². The molecule has 82 valence electrons. The average Bonchev–Trinajstić information content (AvgIpc) is 2.29. The van der Waals surface area contributed by atoms with Crippen molar-refractivity contribution in [2.24, 2.45) is 0 Å². The zero-order valence-electron chi connectivity index (χ0n) is 8.71. The molecule has 0 spiro atoms. The van der Waals surface area contributed by atoms with E-state index in [2.05, 4.69) is 15.9 Å². The molecule has 0 heterocycles. The molecule has 0 unspecified atom stereocenters. The lowest BCUT2D eigenvalue weighted by Crippen LogP contribution is -1.90. The molecule has 0 aliphatic carbocycles. The number of ether oxygens (including phenoxy) is 1. The molecule has 2 aromatic rings. The van der Waals surface area contributed by atoms with Gasteiger partial charge >= 0.3 is 0 Å². The van der Waals surface area contributed by atoms with Gasteiger partial charge in [0, 0.05) is 10.0 Å². The van der Waals surface area contributed by atoms with E-state index in [1.165, 1.54) is 7.11 Å². The SMILES string of the molecule is COc1cccc(-c2cccc(Br)c2)c1F. The molecule has 0 bridgehead atoms. The Balaban J connectivity index is 2.56. The molecule has 1 nitrogen and oxygen atoms in total. The van der Waals surface area contributed by atoms with E-state index in [-0.39, 0.29) is 11.6 Å². The largest absolute Gasteiger partial charge is 0.494 e. The van der Waals surface area contributed by atoms with Crippen LogP contribution in [0.25, 0.3) is 11.1 Å². The van der Waals surface area contributed by atoms with Crippen LogP contribution in [0.3, 0.4) is 0 Å². The smallest absolute Gasteiger partial charge is 0.172 e. The predicted molar refractivity (Wildman–Crippen MR) is 66.1 cm³/mol. The molecule has 0 amide bonds. The maximum Gasteiger partial charge on any atom is 0.172 e. The summed E-state index contributed by atoms with van der Waals surface area (Å²) in [4.78, 5) is 0. The number of hydrogen-bond acceptors (Lipinski definition) is 1. The lowest BCUT2D eigenvalue weighted by molar-refractivity contribution is 0.387. The first-order valence-electron chi connectivity index (χ1n) is 4.81. The standard InChI is InChI=1S/C13H10BrFO/c1-16-12-7-3-6-11(13(12)15)9-4-2-5-10(14)8-9/h2-8H,1H3. The van der Waals surface area contributed by atoms with Gasteiger partial charge in [0.05, 0.1) is 7.11 Å². The topological polar surface area (TPSA) is 9.23 Å². The van der Waals surface area contributed by atoms with E-state index in [1.807, 2.05) is 24.3 Å². The van der Waals surface area contributed by atoms with E-state index in [0.29, 0.717) is 5.56 Å². The van der Waals surface area contributed by atoms with Crippen LogP contribution >= 0.6 is 15.9 Å². The summed E-state index contributed by atoms with van der Waals surface area (Å²) < 4.78 is 19.8. The summed E-state index contributed by atoms with van der Waals surface area (Å²) in [5, 5.41) is 0. The minimum absolute atomic E-state index is 0.262. The van der Waals surface area contributed by atoms with Crippen LogP contribution < -0.4 is 4.74 Å². The molecule has 0 saturated carbocycles. The van der Waals surface area contributed by atoms with E-state index in [9.17, 15) is 4.39 Å². The van der Waals surface area contributed by atoms with Crippen LogP contribution in [0.5, 0.6) is 5.75 Å². The van der Waals surface area contributed by atoms with Gasteiger partial charge in [-0.15, -0.1) is 0 Å². The summed E-state index contributed by atoms with van der Waals surface area (Å²) in [6.07, 6.45) is 0. The van der Waals surface area contributed by atoms with Gasteiger partial charge in [0.2, 0.25) is 0 Å². The average molecular weight is 281 g/mol. The molecule has 0 aliphatic heterocycles. The van der Waals surface area contributed by atoms with E-state index >= 15 is 0 Å². The molecule has 0 fully saturated rings. The van der Waals surface area contributed by atoms with Gasteiger partial charge in [-0.05, 0) is 23.8 Å². The third kappa shape index (κ3) is 2.09. The van der Waals surface area contributed by atoms with E-state index in [4.69, 9.17) is 4.74 Å². The highest BCUT2D eigenvalue weighted by Crippen LogP contribution is 2.30. The van der Waals surface area contributed by atoms with Crippen molar-refractivity contribution in [1.82, 2.24) is 0 Å². The molecule has 0 N–H and O–H groups in total. The molecule has 0 radical (unpaired) electrons. The van der Waals surface area contributed by atoms with E-state index in [1.54, 1.807) is 18.2 Å². The summed E-state index contributed by atoms with van der Waals surface area (Å²) in [5.74, 6) is -0.0689. The second kappa shape index (κ2) is 4.66. The minimum Gasteiger partial charge on any atom is -0.494 e. The summed E-state index contributed by atoms with van der Waals surface area (Å²) in [6.45, 7) is 0. The summed E-state index contributed by atoms with van der Waals surface area (Å²) in [7, 11) is 1.46. The van der Waals surface area contributed by atoms with Crippen molar-refractivity contribution in [3.05, 3.63) is 52.8 Å². The monoisotopic (exact) mass is 280 g/mol. The summed E-state index contributed by atoms with van der Waals surface area (Å²) >= 11 is 3.37. The predicted octanol–water partition coefficient (Wildman–Crippen LogP) is 4.26. The van der Waals surface area contributed by atoms with Crippen molar-refractivity contribution in [1.29, 1.82) is 0 Å². The van der Waals surface area contributed by atoms with Crippen LogP contribution in [0, 0.1) is 5.82 Å². The molecule has 0 aliphatic rings. The molecule has 0 aromatic heterocycles. The normalized spacial score (nSPS) is 10.2. The van der Waals surface area contributed by atoms with Crippen molar-refractivity contribution in [3.8, 4) is 16.9 Å². The number of benzene rings is 2. The first-order chi connectivity index (χ1) is 7.72. The lowest BCUT2D eigenvalue weighted by atomic mass is 10.1. The van der Waals surface area contributed by atoms with Crippen molar-refractivity contribution >= 4 is 15.9 Å². The second-order valence-corrected chi connectivity index (χ2v) is 4.25. The molecule has 0 saturated heterocycles. The van der Waals surface area contributed by atoms with E-state index in [0.717, 1.165) is 10.0 Å². The van der Waals surface area contributed by atoms with Crippen LogP contribution in [0.1, 0.15) is 0 Å². The minimum atomic E-state index is -0.330. The Labute approximate surface area is 102 Å². The Morgan fingerprint density at radius 3 is 2.56 bits per heavy atom. The number of methoxy groups -OCH3 is 1. The van der Waals surface area contributed by atoms with Gasteiger partial charge in [-0.25, -0.2) is 4.39 Å². The van der Waals surface area contributed by atoms with Gasteiger partial charge in [0.15, 0.2) is 11.6 Å². The summed E-state index contributed by atoms with van der Waals surface area (Å²) in [5.41, 5.74) is 1.37. The Kier molecular flexibility index (Phi) is 3.25. The van der Waals surface area contributed by atoms with Crippen LogP contribution in [0.15, 0.2) is 46.9 Å². The summed E-state index contributed by atoms with van der Waals surface area (Å²) in [6, 6.07) is 12.6. The van der Waals surface area contributed by atoms with Gasteiger partial charge in [-0.1, -0.05) is 40.2 Å². The lowest BCUT2D eigenvalue weighted by Gasteiger charge is -2.07. The molecule has 0 atom stereocenters. The zero-order chi connectivity index (χ0) is 11.5. The third-order valence-corrected chi connectivity index (χ3v) is 2.81. The fourth-order valence-electron chi connectivity index (χ4n) is 1.55. The molecule has 3 heteroatoms. The highest BCUT2D eigenvalue weighted by Gasteiger charge is 2.09. The second-order valence-electron chi connectivity index (χ2n) is 3.33. The number of hydrogen-bond donors (Lipinski definition) is 0. The van der Waals surface area contributed by atoms with Crippen molar-refractivity contribution in [2.45, 2.75) is 0 Å². The molecule has 2 aromatic carbocycles. The Morgan fingerprint density at radius 2 is 1.88 bits per heavy atom. The fourth-order valence-corrected chi connectivity index (χ4v) is 1.95. The van der Waals surface area contributed by atoms with Gasteiger partial charge in [0.25, 0.3) is 0 Å². The number of halogens is 2. The number of rotatable bonds is 2. The van der Waals surface area contributed by atoms with Crippen LogP contribution in [-0.2, 0) is 0 Å². The highest BCUT2D eigenvalue weighted by atomic mass is 79.9. The van der Waals surface area contributed by atoms with Crippen molar-refractivity contribution in [2.75, 3.05) is 7.11 Å². The Hall–Kier alpha value is -1.35. The maximum absolute atomic E-state index is 14.0. The first kappa shape index (κ1) is 11.1. The van der Waals surface area contributed by atoms with Gasteiger partial charge < -0.3 is 4.74 Å². The van der Waals surface area contributed by atoms with Gasteiger partial charge in [-0.3, -0.25) is 0 Å². The zero-order valence-corrected chi connectivity index (χ0v) is 10.3. The van der Waals surface area contributed by atoms with Crippen LogP contribution in [0.4, 0.5) is 4.39 Å². The Bertz CT molecular complexity index is 511. The maximum atomic E-state index is 14.0. The molecule has 2 rings (SSSR count). The molecule has 16 heavy (non-hydrogen) atoms. The van der Waals surface area contributed by atoms with Crippen LogP contribution in [0.2, 0.25) is 0 Å². The van der Waals surface area contributed by atoms with E-state index < -0.39 is 0 Å². The third-order valence-electron chi connectivity index (χ3n) is 2.32. The Morgan fingerprint density at radius 1 is 1.12 bits per heavy atom. The fraction of sp³-hybridized carbons (Fsp3) is 0.0769. The van der Waals surface area contributed by atoms with Crippen molar-refractivity contribution < 1.29 is 9.13 Å². The first-order valence-corrected chi connectivity index (χ1v) is 5.60. The van der Waals surface area contributed by atoms with Crippen LogP contribution in [-0.4, -0.2) is 7.11 Å².